The number of hydrogen-bond donors (Lipinski definition) is 1. The molecule has 0 radical (unpaired) electrons. The van der Waals surface area contributed by atoms with Crippen molar-refractivity contribution in [2.24, 2.45) is 0 Å². The molecule has 1 N–H and O–H groups in total. The van der Waals surface area contributed by atoms with E-state index in [-0.39, 0.29) is 5.91 Å². The van der Waals surface area contributed by atoms with Gasteiger partial charge in [-0.1, -0.05) is 18.2 Å². The van der Waals surface area contributed by atoms with Crippen LogP contribution in [0.5, 0.6) is 11.5 Å². The molecule has 0 aliphatic carbocycles. The van der Waals surface area contributed by atoms with E-state index >= 15 is 0 Å². The largest absolute Gasteiger partial charge is 0.490 e. The molecule has 1 fully saturated rings. The van der Waals surface area contributed by atoms with Crippen LogP contribution in [0.1, 0.15) is 32.3 Å². The first-order chi connectivity index (χ1) is 13.7. The Morgan fingerprint density at radius 3 is 2.50 bits per heavy atom. The molecule has 1 aliphatic heterocycles. The van der Waals surface area contributed by atoms with E-state index in [2.05, 4.69) is 16.3 Å². The maximum absolute atomic E-state index is 12.5. The topological polar surface area (TPSA) is 50.8 Å². The smallest absolute Gasteiger partial charge is 0.248 e. The summed E-state index contributed by atoms with van der Waals surface area (Å²) >= 11 is 0. The highest BCUT2D eigenvalue weighted by molar-refractivity contribution is 6.03. The molecule has 28 heavy (non-hydrogen) atoms. The standard InChI is InChI=1S/C23H28N2O3/c1-3-27-21-13-11-18(17-22(21)28-4-2)12-14-23(26)24-19-9-5-6-10-20(19)25-15-7-8-16-25/h5-6,9-14,17H,3-4,7-8,15-16H2,1-2H3,(H,24,26)/b14-12+. The van der Waals surface area contributed by atoms with Gasteiger partial charge in [-0.25, -0.2) is 0 Å². The Morgan fingerprint density at radius 2 is 1.75 bits per heavy atom. The van der Waals surface area contributed by atoms with Crippen molar-refractivity contribution in [3.05, 3.63) is 54.1 Å². The average molecular weight is 380 g/mol. The summed E-state index contributed by atoms with van der Waals surface area (Å²) in [6.45, 7) is 7.08. The van der Waals surface area contributed by atoms with Crippen molar-refractivity contribution in [3.63, 3.8) is 0 Å². The molecule has 3 rings (SSSR count). The summed E-state index contributed by atoms with van der Waals surface area (Å²) in [5.41, 5.74) is 2.82. The van der Waals surface area contributed by atoms with Gasteiger partial charge in [0.05, 0.1) is 24.6 Å². The summed E-state index contributed by atoms with van der Waals surface area (Å²) in [4.78, 5) is 14.8. The van der Waals surface area contributed by atoms with E-state index < -0.39 is 0 Å². The summed E-state index contributed by atoms with van der Waals surface area (Å²) in [5.74, 6) is 1.25. The molecule has 5 nitrogen and oxygen atoms in total. The highest BCUT2D eigenvalue weighted by atomic mass is 16.5. The number of nitrogens with zero attached hydrogens (tertiary/aromatic N) is 1. The second-order valence-corrected chi connectivity index (χ2v) is 6.61. The van der Waals surface area contributed by atoms with Crippen molar-refractivity contribution in [2.45, 2.75) is 26.7 Å². The summed E-state index contributed by atoms with van der Waals surface area (Å²) < 4.78 is 11.2. The van der Waals surface area contributed by atoms with Gasteiger partial charge >= 0.3 is 0 Å². The molecule has 0 saturated carbocycles. The van der Waals surface area contributed by atoms with Crippen LogP contribution in [0, 0.1) is 0 Å². The lowest BCUT2D eigenvalue weighted by molar-refractivity contribution is -0.111. The van der Waals surface area contributed by atoms with Crippen LogP contribution < -0.4 is 19.7 Å². The number of hydrogen-bond acceptors (Lipinski definition) is 4. The van der Waals surface area contributed by atoms with Crippen LogP contribution >= 0.6 is 0 Å². The number of carbonyl (C=O) groups is 1. The van der Waals surface area contributed by atoms with E-state index in [0.29, 0.717) is 24.7 Å². The molecule has 0 bridgehead atoms. The van der Waals surface area contributed by atoms with E-state index in [1.165, 1.54) is 12.8 Å². The van der Waals surface area contributed by atoms with Gasteiger partial charge in [0.25, 0.3) is 0 Å². The lowest BCUT2D eigenvalue weighted by Crippen LogP contribution is -2.20. The fourth-order valence-electron chi connectivity index (χ4n) is 3.33. The lowest BCUT2D eigenvalue weighted by atomic mass is 10.2. The highest BCUT2D eigenvalue weighted by Crippen LogP contribution is 2.30. The Hall–Kier alpha value is -2.95. The molecule has 0 atom stereocenters. The molecule has 0 spiro atoms. The number of amides is 1. The quantitative estimate of drug-likeness (QED) is 0.672. The van der Waals surface area contributed by atoms with Gasteiger partial charge in [0.1, 0.15) is 0 Å². The summed E-state index contributed by atoms with van der Waals surface area (Å²) in [6, 6.07) is 13.6. The van der Waals surface area contributed by atoms with Crippen molar-refractivity contribution in [3.8, 4) is 11.5 Å². The molecule has 5 heteroatoms. The Bertz CT molecular complexity index is 826. The molecule has 2 aromatic carbocycles. The molecule has 0 unspecified atom stereocenters. The van der Waals surface area contributed by atoms with E-state index in [1.807, 2.05) is 50.2 Å². The van der Waals surface area contributed by atoms with Crippen molar-refractivity contribution < 1.29 is 14.3 Å². The second kappa shape index (κ2) is 9.83. The maximum Gasteiger partial charge on any atom is 0.248 e. The zero-order chi connectivity index (χ0) is 19.8. The zero-order valence-electron chi connectivity index (χ0n) is 16.6. The van der Waals surface area contributed by atoms with Crippen LogP contribution in [-0.2, 0) is 4.79 Å². The van der Waals surface area contributed by atoms with Gasteiger partial charge in [0.15, 0.2) is 11.5 Å². The fourth-order valence-corrected chi connectivity index (χ4v) is 3.33. The minimum atomic E-state index is -0.154. The van der Waals surface area contributed by atoms with Crippen LogP contribution in [-0.4, -0.2) is 32.2 Å². The summed E-state index contributed by atoms with van der Waals surface area (Å²) in [6.07, 6.45) is 5.72. The second-order valence-electron chi connectivity index (χ2n) is 6.61. The first-order valence-corrected chi connectivity index (χ1v) is 9.94. The Morgan fingerprint density at radius 1 is 1.04 bits per heavy atom. The van der Waals surface area contributed by atoms with Crippen LogP contribution in [0.15, 0.2) is 48.5 Å². The monoisotopic (exact) mass is 380 g/mol. The average Bonchev–Trinajstić information content (AvgIpc) is 3.23. The number of para-hydroxylation sites is 2. The van der Waals surface area contributed by atoms with Crippen LogP contribution in [0.4, 0.5) is 11.4 Å². The third-order valence-corrected chi connectivity index (χ3v) is 4.60. The van der Waals surface area contributed by atoms with Crippen molar-refractivity contribution in [1.82, 2.24) is 0 Å². The summed E-state index contributed by atoms with van der Waals surface area (Å²) in [7, 11) is 0. The van der Waals surface area contributed by atoms with Gasteiger partial charge in [-0.2, -0.15) is 0 Å². The normalized spacial score (nSPS) is 13.7. The predicted molar refractivity (Wildman–Crippen MR) is 114 cm³/mol. The molecular weight excluding hydrogens is 352 g/mol. The zero-order valence-corrected chi connectivity index (χ0v) is 16.6. The Kier molecular flexibility index (Phi) is 6.95. The molecule has 1 amide bonds. The van der Waals surface area contributed by atoms with E-state index in [4.69, 9.17) is 9.47 Å². The molecule has 2 aromatic rings. The van der Waals surface area contributed by atoms with Gasteiger partial charge < -0.3 is 19.7 Å². The molecular formula is C23H28N2O3. The fraction of sp³-hybridized carbons (Fsp3) is 0.348. The number of carbonyl (C=O) groups excluding carboxylic acids is 1. The lowest BCUT2D eigenvalue weighted by Gasteiger charge is -2.21. The maximum atomic E-state index is 12.5. The predicted octanol–water partition coefficient (Wildman–Crippen LogP) is 4.74. The number of benzene rings is 2. The number of ether oxygens (including phenoxy) is 2. The SMILES string of the molecule is CCOc1ccc(/C=C/C(=O)Nc2ccccc2N2CCCC2)cc1OCC. The van der Waals surface area contributed by atoms with Crippen LogP contribution in [0.25, 0.3) is 6.08 Å². The van der Waals surface area contributed by atoms with Gasteiger partial charge in [-0.05, 0) is 62.6 Å². The Labute approximate surface area is 167 Å². The number of anilines is 2. The van der Waals surface area contributed by atoms with E-state index in [0.717, 1.165) is 30.0 Å². The molecule has 0 aromatic heterocycles. The molecule has 1 aliphatic rings. The minimum absolute atomic E-state index is 0.154. The minimum Gasteiger partial charge on any atom is -0.490 e. The molecule has 148 valence electrons. The van der Waals surface area contributed by atoms with Gasteiger partial charge in [-0.15, -0.1) is 0 Å². The molecule has 1 heterocycles. The highest BCUT2D eigenvalue weighted by Gasteiger charge is 2.16. The van der Waals surface area contributed by atoms with Crippen molar-refractivity contribution in [1.29, 1.82) is 0 Å². The Balaban J connectivity index is 1.70. The van der Waals surface area contributed by atoms with Gasteiger partial charge in [0, 0.05) is 19.2 Å². The van der Waals surface area contributed by atoms with Crippen LogP contribution in [0.3, 0.4) is 0 Å². The third kappa shape index (κ3) is 5.06. The van der Waals surface area contributed by atoms with E-state index in [9.17, 15) is 4.79 Å². The molecule has 1 saturated heterocycles. The van der Waals surface area contributed by atoms with Crippen molar-refractivity contribution >= 4 is 23.4 Å². The van der Waals surface area contributed by atoms with Gasteiger partial charge in [-0.3, -0.25) is 4.79 Å². The van der Waals surface area contributed by atoms with Crippen molar-refractivity contribution in [2.75, 3.05) is 36.5 Å². The summed E-state index contributed by atoms with van der Waals surface area (Å²) in [5, 5.41) is 3.01. The van der Waals surface area contributed by atoms with Gasteiger partial charge in [0.2, 0.25) is 5.91 Å². The first kappa shape index (κ1) is 19.8. The number of nitrogens with one attached hydrogen (secondary N) is 1. The third-order valence-electron chi connectivity index (χ3n) is 4.60. The first-order valence-electron chi connectivity index (χ1n) is 9.94. The number of rotatable bonds is 8. The van der Waals surface area contributed by atoms with E-state index in [1.54, 1.807) is 12.2 Å². The van der Waals surface area contributed by atoms with Crippen LogP contribution in [0.2, 0.25) is 0 Å².